The number of amides is 1. The Bertz CT molecular complexity index is 927. The minimum Gasteiger partial charge on any atom is -0.481 e. The topological polar surface area (TPSA) is 93.1 Å². The average Bonchev–Trinajstić information content (AvgIpc) is 2.74. The van der Waals surface area contributed by atoms with Crippen LogP contribution in [-0.4, -0.2) is 41.0 Å². The zero-order valence-corrected chi connectivity index (χ0v) is 18.4. The number of carbonyl (C=O) groups is 3. The zero-order valence-electron chi connectivity index (χ0n) is 18.4. The van der Waals surface area contributed by atoms with Crippen LogP contribution in [0.2, 0.25) is 0 Å². The molecule has 1 aliphatic rings. The van der Waals surface area contributed by atoms with E-state index in [4.69, 9.17) is 9.47 Å². The van der Waals surface area contributed by atoms with Gasteiger partial charge in [-0.1, -0.05) is 37.3 Å². The van der Waals surface area contributed by atoms with Crippen molar-refractivity contribution >= 4 is 17.8 Å². The highest BCUT2D eigenvalue weighted by atomic mass is 16.5. The van der Waals surface area contributed by atoms with Crippen LogP contribution in [0.3, 0.4) is 0 Å². The summed E-state index contributed by atoms with van der Waals surface area (Å²) < 4.78 is 10.8. The summed E-state index contributed by atoms with van der Waals surface area (Å²) >= 11 is 0. The van der Waals surface area contributed by atoms with Gasteiger partial charge in [-0.2, -0.15) is 0 Å². The van der Waals surface area contributed by atoms with Crippen molar-refractivity contribution in [1.82, 2.24) is 4.90 Å². The third kappa shape index (κ3) is 5.46. The molecule has 0 aromatic heterocycles. The molecule has 7 heteroatoms. The predicted octanol–water partition coefficient (Wildman–Crippen LogP) is 4.12. The van der Waals surface area contributed by atoms with E-state index in [2.05, 4.69) is 0 Å². The summed E-state index contributed by atoms with van der Waals surface area (Å²) in [6.07, 6.45) is 0.950. The van der Waals surface area contributed by atoms with Gasteiger partial charge in [0.2, 0.25) is 5.91 Å². The highest BCUT2D eigenvalue weighted by Crippen LogP contribution is 2.43. The van der Waals surface area contributed by atoms with E-state index in [0.29, 0.717) is 18.8 Å². The molecule has 3 rings (SSSR count). The Labute approximate surface area is 187 Å². The molecule has 0 aliphatic heterocycles. The maximum Gasteiger partial charge on any atom is 0.309 e. The summed E-state index contributed by atoms with van der Waals surface area (Å²) in [5.41, 5.74) is 0.917. The molecule has 0 heterocycles. The van der Waals surface area contributed by atoms with E-state index in [1.54, 1.807) is 11.8 Å². The maximum atomic E-state index is 13.2. The van der Waals surface area contributed by atoms with Gasteiger partial charge < -0.3 is 19.5 Å². The number of ether oxygens (including phenoxy) is 2. The van der Waals surface area contributed by atoms with E-state index in [-0.39, 0.29) is 18.9 Å². The number of hydrogen-bond donors (Lipinski definition) is 1. The Balaban J connectivity index is 1.66. The van der Waals surface area contributed by atoms with Crippen LogP contribution in [0, 0.1) is 17.8 Å². The lowest BCUT2D eigenvalue weighted by Gasteiger charge is -2.41. The number of esters is 1. The molecule has 0 radical (unpaired) electrons. The quantitative estimate of drug-likeness (QED) is 0.560. The monoisotopic (exact) mass is 439 g/mol. The molecule has 1 N–H and O–H groups in total. The fourth-order valence-corrected chi connectivity index (χ4v) is 4.02. The predicted molar refractivity (Wildman–Crippen MR) is 118 cm³/mol. The fraction of sp³-hybridized carbons (Fsp3) is 0.400. The second kappa shape index (κ2) is 10.8. The normalized spacial score (nSPS) is 19.5. The summed E-state index contributed by atoms with van der Waals surface area (Å²) in [6.45, 7) is 4.70. The van der Waals surface area contributed by atoms with Gasteiger partial charge in [0.05, 0.1) is 24.4 Å². The van der Waals surface area contributed by atoms with Gasteiger partial charge in [-0.05, 0) is 49.6 Å². The van der Waals surface area contributed by atoms with Crippen LogP contribution in [0.1, 0.15) is 32.3 Å². The molecule has 0 spiro atoms. The first-order chi connectivity index (χ1) is 15.4. The van der Waals surface area contributed by atoms with Gasteiger partial charge in [-0.3, -0.25) is 14.4 Å². The molecular formula is C25H29NO6. The number of nitrogens with zero attached hydrogens (tertiary/aromatic N) is 1. The second-order valence-electron chi connectivity index (χ2n) is 7.88. The molecule has 1 amide bonds. The van der Waals surface area contributed by atoms with Crippen molar-refractivity contribution in [1.29, 1.82) is 0 Å². The Kier molecular flexibility index (Phi) is 7.87. The van der Waals surface area contributed by atoms with Gasteiger partial charge in [-0.25, -0.2) is 0 Å². The molecule has 0 bridgehead atoms. The largest absolute Gasteiger partial charge is 0.481 e. The summed E-state index contributed by atoms with van der Waals surface area (Å²) in [7, 11) is 0. The smallest absolute Gasteiger partial charge is 0.309 e. The number of carboxylic acids is 1. The van der Waals surface area contributed by atoms with E-state index in [1.807, 2.05) is 61.5 Å². The van der Waals surface area contributed by atoms with E-state index in [9.17, 15) is 19.5 Å². The standard InChI is InChI=1S/C25H29NO6/c1-3-14-26(23(27)20-15-21(22(20)24(28)29)25(30)31-4-2)16-17-10-12-19(13-11-17)32-18-8-6-5-7-9-18/h5-13,20-22H,3-4,14-16H2,1-2H3,(H,28,29). The minimum absolute atomic E-state index is 0.187. The molecule has 1 fully saturated rings. The molecule has 1 aliphatic carbocycles. The minimum atomic E-state index is -1.13. The Morgan fingerprint density at radius 1 is 0.969 bits per heavy atom. The molecular weight excluding hydrogens is 410 g/mol. The first kappa shape index (κ1) is 23.3. The molecule has 0 saturated heterocycles. The SMILES string of the molecule is CCCN(Cc1ccc(Oc2ccccc2)cc1)C(=O)C1CC(C(=O)OCC)C1C(=O)O. The molecule has 2 aromatic rings. The number of para-hydroxylation sites is 1. The number of aliphatic carboxylic acids is 1. The number of benzene rings is 2. The van der Waals surface area contributed by atoms with Crippen LogP contribution >= 0.6 is 0 Å². The van der Waals surface area contributed by atoms with Gasteiger partial charge in [0.1, 0.15) is 11.5 Å². The van der Waals surface area contributed by atoms with Crippen molar-refractivity contribution in [3.63, 3.8) is 0 Å². The van der Waals surface area contributed by atoms with Crippen LogP contribution in [0.4, 0.5) is 0 Å². The zero-order chi connectivity index (χ0) is 23.1. The fourth-order valence-electron chi connectivity index (χ4n) is 4.02. The Morgan fingerprint density at radius 3 is 2.22 bits per heavy atom. The first-order valence-corrected chi connectivity index (χ1v) is 10.9. The molecule has 1 saturated carbocycles. The van der Waals surface area contributed by atoms with Crippen molar-refractivity contribution in [3.8, 4) is 11.5 Å². The number of carboxylic acid groups (broad SMARTS) is 1. The van der Waals surface area contributed by atoms with E-state index in [0.717, 1.165) is 17.7 Å². The van der Waals surface area contributed by atoms with Gasteiger partial charge in [0.25, 0.3) is 0 Å². The highest BCUT2D eigenvalue weighted by Gasteiger charge is 2.54. The Morgan fingerprint density at radius 2 is 1.62 bits per heavy atom. The van der Waals surface area contributed by atoms with Gasteiger partial charge in [0, 0.05) is 13.1 Å². The van der Waals surface area contributed by atoms with E-state index >= 15 is 0 Å². The second-order valence-corrected chi connectivity index (χ2v) is 7.88. The molecule has 170 valence electrons. The molecule has 3 unspecified atom stereocenters. The first-order valence-electron chi connectivity index (χ1n) is 10.9. The highest BCUT2D eigenvalue weighted by molar-refractivity contribution is 5.92. The van der Waals surface area contributed by atoms with Crippen molar-refractivity contribution < 1.29 is 29.0 Å². The Hall–Kier alpha value is -3.35. The van der Waals surface area contributed by atoms with Crippen LogP contribution < -0.4 is 4.74 Å². The van der Waals surface area contributed by atoms with Crippen LogP contribution in [0.15, 0.2) is 54.6 Å². The van der Waals surface area contributed by atoms with Crippen LogP contribution in [0.5, 0.6) is 11.5 Å². The van der Waals surface area contributed by atoms with Gasteiger partial charge >= 0.3 is 11.9 Å². The summed E-state index contributed by atoms with van der Waals surface area (Å²) in [6, 6.07) is 16.9. The number of rotatable bonds is 10. The molecule has 3 atom stereocenters. The molecule has 32 heavy (non-hydrogen) atoms. The van der Waals surface area contributed by atoms with Crippen LogP contribution in [0.25, 0.3) is 0 Å². The lowest BCUT2D eigenvalue weighted by molar-refractivity contribution is -0.174. The van der Waals surface area contributed by atoms with Crippen molar-refractivity contribution in [2.75, 3.05) is 13.2 Å². The van der Waals surface area contributed by atoms with Crippen molar-refractivity contribution in [2.24, 2.45) is 17.8 Å². The molecule has 7 nitrogen and oxygen atoms in total. The van der Waals surface area contributed by atoms with Gasteiger partial charge in [-0.15, -0.1) is 0 Å². The third-order valence-electron chi connectivity index (χ3n) is 5.65. The van der Waals surface area contributed by atoms with Crippen LogP contribution in [-0.2, 0) is 25.7 Å². The number of carbonyl (C=O) groups excluding carboxylic acids is 2. The number of hydrogen-bond acceptors (Lipinski definition) is 5. The van der Waals surface area contributed by atoms with Gasteiger partial charge in [0.15, 0.2) is 0 Å². The maximum absolute atomic E-state index is 13.2. The average molecular weight is 440 g/mol. The summed E-state index contributed by atoms with van der Waals surface area (Å²) in [5, 5.41) is 9.60. The lowest BCUT2D eigenvalue weighted by atomic mass is 9.64. The third-order valence-corrected chi connectivity index (χ3v) is 5.65. The van der Waals surface area contributed by atoms with Crippen molar-refractivity contribution in [3.05, 3.63) is 60.2 Å². The van der Waals surface area contributed by atoms with E-state index in [1.165, 1.54) is 0 Å². The molecule has 2 aromatic carbocycles. The lowest BCUT2D eigenvalue weighted by Crippen LogP contribution is -2.53. The summed E-state index contributed by atoms with van der Waals surface area (Å²) in [5.74, 6) is -2.99. The van der Waals surface area contributed by atoms with Crippen molar-refractivity contribution in [2.45, 2.75) is 33.2 Å². The summed E-state index contributed by atoms with van der Waals surface area (Å²) in [4.78, 5) is 38.6. The van der Waals surface area contributed by atoms with E-state index < -0.39 is 29.7 Å².